The van der Waals surface area contributed by atoms with Crippen LogP contribution >= 0.6 is 0 Å². The van der Waals surface area contributed by atoms with Crippen molar-refractivity contribution in [1.29, 1.82) is 0 Å². The fraction of sp³-hybridized carbons (Fsp3) is 0.269. The van der Waals surface area contributed by atoms with E-state index in [-0.39, 0.29) is 11.7 Å². The van der Waals surface area contributed by atoms with E-state index in [1.807, 2.05) is 73.8 Å². The van der Waals surface area contributed by atoms with Crippen LogP contribution in [0.2, 0.25) is 0 Å². The van der Waals surface area contributed by atoms with Crippen molar-refractivity contribution in [2.75, 3.05) is 38.1 Å². The molecule has 1 amide bonds. The Morgan fingerprint density at radius 3 is 2.16 bits per heavy atom. The first kappa shape index (κ1) is 21.1. The topological polar surface area (TPSA) is 26.8 Å². The normalized spacial score (nSPS) is 14.5. The van der Waals surface area contributed by atoms with Crippen molar-refractivity contribution < 1.29 is 9.18 Å². The number of para-hydroxylation sites is 1. The van der Waals surface area contributed by atoms with Gasteiger partial charge in [-0.3, -0.25) is 9.69 Å². The molecule has 3 aromatic rings. The summed E-state index contributed by atoms with van der Waals surface area (Å²) in [6.45, 7) is 4.81. The average molecular weight is 418 g/mol. The SMILES string of the molecule is CN(Cc1ccccc1)C(=O)c1ccc(CN2CCN(c3ccccc3F)CC2)cc1. The van der Waals surface area contributed by atoms with Crippen molar-refractivity contribution in [2.24, 2.45) is 0 Å². The van der Waals surface area contributed by atoms with Gasteiger partial charge in [-0.1, -0.05) is 54.6 Å². The molecule has 1 saturated heterocycles. The van der Waals surface area contributed by atoms with Crippen molar-refractivity contribution in [3.8, 4) is 0 Å². The molecular formula is C26H28FN3O. The van der Waals surface area contributed by atoms with E-state index in [0.29, 0.717) is 17.8 Å². The van der Waals surface area contributed by atoms with E-state index in [4.69, 9.17) is 0 Å². The molecule has 160 valence electrons. The second kappa shape index (κ2) is 9.75. The summed E-state index contributed by atoms with van der Waals surface area (Å²) in [7, 11) is 1.83. The first-order valence-corrected chi connectivity index (χ1v) is 10.7. The highest BCUT2D eigenvalue weighted by atomic mass is 19.1. The van der Waals surface area contributed by atoms with Crippen molar-refractivity contribution in [3.05, 3.63) is 101 Å². The Kier molecular flexibility index (Phi) is 6.63. The molecule has 0 aliphatic carbocycles. The zero-order chi connectivity index (χ0) is 21.6. The number of rotatable bonds is 6. The van der Waals surface area contributed by atoms with Gasteiger partial charge in [-0.2, -0.15) is 0 Å². The lowest BCUT2D eigenvalue weighted by atomic mass is 10.1. The number of carbonyl (C=O) groups excluding carboxylic acids is 1. The Hall–Kier alpha value is -3.18. The van der Waals surface area contributed by atoms with Gasteiger partial charge >= 0.3 is 0 Å². The molecule has 4 nitrogen and oxygen atoms in total. The van der Waals surface area contributed by atoms with Crippen LogP contribution in [-0.4, -0.2) is 48.9 Å². The number of piperazine rings is 1. The van der Waals surface area contributed by atoms with Crippen LogP contribution in [0.3, 0.4) is 0 Å². The average Bonchev–Trinajstić information content (AvgIpc) is 2.81. The van der Waals surface area contributed by atoms with Crippen LogP contribution in [0.1, 0.15) is 21.5 Å². The van der Waals surface area contributed by atoms with Crippen LogP contribution < -0.4 is 4.90 Å². The van der Waals surface area contributed by atoms with Gasteiger partial charge < -0.3 is 9.80 Å². The number of nitrogens with zero attached hydrogens (tertiary/aromatic N) is 3. The molecule has 0 spiro atoms. The molecule has 0 saturated carbocycles. The van der Waals surface area contributed by atoms with Gasteiger partial charge in [0.05, 0.1) is 5.69 Å². The van der Waals surface area contributed by atoms with Crippen LogP contribution in [0.5, 0.6) is 0 Å². The molecule has 4 rings (SSSR count). The number of hydrogen-bond donors (Lipinski definition) is 0. The number of anilines is 1. The van der Waals surface area contributed by atoms with Gasteiger partial charge in [-0.15, -0.1) is 0 Å². The molecular weight excluding hydrogens is 389 g/mol. The van der Waals surface area contributed by atoms with Gasteiger partial charge in [0, 0.05) is 51.9 Å². The predicted octanol–water partition coefficient (Wildman–Crippen LogP) is 4.42. The summed E-state index contributed by atoms with van der Waals surface area (Å²) in [5, 5.41) is 0. The Morgan fingerprint density at radius 2 is 1.48 bits per heavy atom. The first-order valence-electron chi connectivity index (χ1n) is 10.7. The molecule has 1 aliphatic heterocycles. The summed E-state index contributed by atoms with van der Waals surface area (Å²) in [5.41, 5.74) is 3.68. The Balaban J connectivity index is 1.30. The summed E-state index contributed by atoms with van der Waals surface area (Å²) in [4.78, 5) is 18.9. The molecule has 0 aromatic heterocycles. The van der Waals surface area contributed by atoms with E-state index < -0.39 is 0 Å². The van der Waals surface area contributed by atoms with E-state index in [0.717, 1.165) is 38.3 Å². The zero-order valence-corrected chi connectivity index (χ0v) is 17.9. The van der Waals surface area contributed by atoms with Gasteiger partial charge in [0.15, 0.2) is 0 Å². The van der Waals surface area contributed by atoms with E-state index in [1.54, 1.807) is 11.0 Å². The van der Waals surface area contributed by atoms with E-state index in [1.165, 1.54) is 11.6 Å². The lowest BCUT2D eigenvalue weighted by Crippen LogP contribution is -2.46. The molecule has 0 N–H and O–H groups in total. The summed E-state index contributed by atoms with van der Waals surface area (Å²) in [6, 6.07) is 24.9. The molecule has 1 heterocycles. The molecule has 1 fully saturated rings. The largest absolute Gasteiger partial charge is 0.367 e. The third kappa shape index (κ3) is 5.30. The number of halogens is 1. The Labute approximate surface area is 183 Å². The van der Waals surface area contributed by atoms with Crippen molar-refractivity contribution in [2.45, 2.75) is 13.1 Å². The smallest absolute Gasteiger partial charge is 0.253 e. The zero-order valence-electron chi connectivity index (χ0n) is 17.9. The van der Waals surface area contributed by atoms with Crippen molar-refractivity contribution in [3.63, 3.8) is 0 Å². The summed E-state index contributed by atoms with van der Waals surface area (Å²) in [6.07, 6.45) is 0. The van der Waals surface area contributed by atoms with Gasteiger partial charge in [-0.05, 0) is 35.4 Å². The molecule has 1 aliphatic rings. The maximum atomic E-state index is 14.0. The quantitative estimate of drug-likeness (QED) is 0.594. The van der Waals surface area contributed by atoms with Gasteiger partial charge in [0.2, 0.25) is 0 Å². The Bertz CT molecular complexity index is 999. The van der Waals surface area contributed by atoms with Crippen molar-refractivity contribution in [1.82, 2.24) is 9.80 Å². The third-order valence-corrected chi connectivity index (χ3v) is 5.78. The van der Waals surface area contributed by atoms with Crippen LogP contribution in [0.25, 0.3) is 0 Å². The van der Waals surface area contributed by atoms with Crippen LogP contribution in [0.4, 0.5) is 10.1 Å². The lowest BCUT2D eigenvalue weighted by Gasteiger charge is -2.36. The maximum absolute atomic E-state index is 14.0. The van der Waals surface area contributed by atoms with E-state index in [9.17, 15) is 9.18 Å². The molecule has 0 unspecified atom stereocenters. The van der Waals surface area contributed by atoms with E-state index in [2.05, 4.69) is 9.80 Å². The van der Waals surface area contributed by atoms with Crippen molar-refractivity contribution >= 4 is 11.6 Å². The second-order valence-corrected chi connectivity index (χ2v) is 8.06. The maximum Gasteiger partial charge on any atom is 0.253 e. The summed E-state index contributed by atoms with van der Waals surface area (Å²) in [5.74, 6) is -0.137. The van der Waals surface area contributed by atoms with Gasteiger partial charge in [-0.25, -0.2) is 4.39 Å². The highest BCUT2D eigenvalue weighted by Crippen LogP contribution is 2.21. The standard InChI is InChI=1S/C26H28FN3O/c1-28(19-21-7-3-2-4-8-21)26(31)23-13-11-22(12-14-23)20-29-15-17-30(18-16-29)25-10-6-5-9-24(25)27/h2-14H,15-20H2,1H3. The lowest BCUT2D eigenvalue weighted by molar-refractivity contribution is 0.0785. The Morgan fingerprint density at radius 1 is 0.839 bits per heavy atom. The van der Waals surface area contributed by atoms with Crippen LogP contribution in [0, 0.1) is 5.82 Å². The fourth-order valence-corrected chi connectivity index (χ4v) is 4.02. The highest BCUT2D eigenvalue weighted by molar-refractivity contribution is 5.94. The molecule has 0 radical (unpaired) electrons. The summed E-state index contributed by atoms with van der Waals surface area (Å²) >= 11 is 0. The van der Waals surface area contributed by atoms with Gasteiger partial charge in [0.25, 0.3) is 5.91 Å². The number of benzene rings is 3. The highest BCUT2D eigenvalue weighted by Gasteiger charge is 2.19. The first-order chi connectivity index (χ1) is 15.1. The van der Waals surface area contributed by atoms with Gasteiger partial charge in [0.1, 0.15) is 5.82 Å². The van der Waals surface area contributed by atoms with E-state index >= 15 is 0 Å². The fourth-order valence-electron chi connectivity index (χ4n) is 4.02. The second-order valence-electron chi connectivity index (χ2n) is 8.06. The minimum absolute atomic E-state index is 0.0221. The number of amides is 1. The minimum atomic E-state index is -0.159. The molecule has 5 heteroatoms. The molecule has 3 aromatic carbocycles. The molecule has 0 bridgehead atoms. The molecule has 31 heavy (non-hydrogen) atoms. The monoisotopic (exact) mass is 417 g/mol. The molecule has 0 atom stereocenters. The van der Waals surface area contributed by atoms with Crippen LogP contribution in [-0.2, 0) is 13.1 Å². The van der Waals surface area contributed by atoms with Crippen LogP contribution in [0.15, 0.2) is 78.9 Å². The summed E-state index contributed by atoms with van der Waals surface area (Å²) < 4.78 is 14.0. The number of carbonyl (C=O) groups is 1. The predicted molar refractivity (Wildman–Crippen MR) is 123 cm³/mol. The third-order valence-electron chi connectivity index (χ3n) is 5.78. The minimum Gasteiger partial charge on any atom is -0.367 e. The number of hydrogen-bond acceptors (Lipinski definition) is 3.